The third-order valence-electron chi connectivity index (χ3n) is 2.98. The monoisotopic (exact) mass is 304 g/mol. The van der Waals surface area contributed by atoms with Gasteiger partial charge in [-0.2, -0.15) is 0 Å². The molecule has 0 aliphatic heterocycles. The summed E-state index contributed by atoms with van der Waals surface area (Å²) in [6.07, 6.45) is 0. The normalized spacial score (nSPS) is 10.7. The maximum absolute atomic E-state index is 6.21. The summed E-state index contributed by atoms with van der Waals surface area (Å²) in [5, 5.41) is 5.28. The van der Waals surface area contributed by atoms with Gasteiger partial charge < -0.3 is 10.3 Å². The summed E-state index contributed by atoms with van der Waals surface area (Å²) in [6.45, 7) is 0. The standard InChI is InChI=1S/C15H10Cl2N2O/c16-10-7-5-9(6-8-10)13-14(19-20-15(13)18)11-3-1-2-4-12(11)17/h1-8H,18H2. The van der Waals surface area contributed by atoms with E-state index >= 15 is 0 Å². The van der Waals surface area contributed by atoms with Crippen molar-refractivity contribution in [2.24, 2.45) is 0 Å². The fourth-order valence-electron chi connectivity index (χ4n) is 2.04. The Labute approximate surface area is 125 Å². The van der Waals surface area contributed by atoms with Crippen LogP contribution >= 0.6 is 23.2 Å². The lowest BCUT2D eigenvalue weighted by Gasteiger charge is -2.04. The first-order chi connectivity index (χ1) is 9.66. The molecule has 0 aliphatic rings. The molecule has 2 N–H and O–H groups in total. The van der Waals surface area contributed by atoms with Crippen LogP contribution in [0.2, 0.25) is 10.0 Å². The van der Waals surface area contributed by atoms with Crippen LogP contribution in [-0.2, 0) is 0 Å². The SMILES string of the molecule is Nc1onc(-c2ccccc2Cl)c1-c1ccc(Cl)cc1. The highest BCUT2D eigenvalue weighted by Crippen LogP contribution is 2.38. The lowest BCUT2D eigenvalue weighted by atomic mass is 10.0. The van der Waals surface area contributed by atoms with Crippen LogP contribution in [0.5, 0.6) is 0 Å². The minimum absolute atomic E-state index is 0.252. The number of nitrogens with zero attached hydrogens (tertiary/aromatic N) is 1. The number of benzene rings is 2. The van der Waals surface area contributed by atoms with Crippen molar-refractivity contribution in [2.75, 3.05) is 5.73 Å². The third-order valence-corrected chi connectivity index (χ3v) is 3.56. The second-order valence-electron chi connectivity index (χ2n) is 4.26. The van der Waals surface area contributed by atoms with Gasteiger partial charge in [0.15, 0.2) is 0 Å². The predicted molar refractivity (Wildman–Crippen MR) is 81.8 cm³/mol. The van der Waals surface area contributed by atoms with Crippen LogP contribution in [0.3, 0.4) is 0 Å². The van der Waals surface area contributed by atoms with Gasteiger partial charge in [0.25, 0.3) is 0 Å². The average molecular weight is 305 g/mol. The number of aromatic nitrogens is 1. The average Bonchev–Trinajstić information content (AvgIpc) is 2.82. The van der Waals surface area contributed by atoms with Crippen LogP contribution in [0, 0.1) is 0 Å². The molecule has 1 heterocycles. The van der Waals surface area contributed by atoms with Gasteiger partial charge in [0.1, 0.15) is 5.69 Å². The fourth-order valence-corrected chi connectivity index (χ4v) is 2.39. The van der Waals surface area contributed by atoms with E-state index in [-0.39, 0.29) is 5.88 Å². The van der Waals surface area contributed by atoms with E-state index in [1.807, 2.05) is 30.3 Å². The maximum Gasteiger partial charge on any atom is 0.230 e. The molecule has 1 aromatic heterocycles. The van der Waals surface area contributed by atoms with E-state index in [0.717, 1.165) is 16.7 Å². The van der Waals surface area contributed by atoms with Gasteiger partial charge in [0.2, 0.25) is 5.88 Å². The molecule has 0 spiro atoms. The Bertz CT molecular complexity index is 751. The zero-order valence-electron chi connectivity index (χ0n) is 10.3. The zero-order valence-corrected chi connectivity index (χ0v) is 11.8. The van der Waals surface area contributed by atoms with Crippen molar-refractivity contribution >= 4 is 29.1 Å². The molecule has 2 aromatic carbocycles. The van der Waals surface area contributed by atoms with Crippen molar-refractivity contribution in [2.45, 2.75) is 0 Å². The molecule has 0 bridgehead atoms. The second kappa shape index (κ2) is 5.19. The van der Waals surface area contributed by atoms with Crippen LogP contribution < -0.4 is 5.73 Å². The van der Waals surface area contributed by atoms with Crippen molar-refractivity contribution in [3.8, 4) is 22.4 Å². The molecule has 0 unspecified atom stereocenters. The number of rotatable bonds is 2. The van der Waals surface area contributed by atoms with Gasteiger partial charge in [-0.3, -0.25) is 0 Å². The van der Waals surface area contributed by atoms with Crippen molar-refractivity contribution in [1.82, 2.24) is 5.16 Å². The van der Waals surface area contributed by atoms with Crippen molar-refractivity contribution in [1.29, 1.82) is 0 Å². The largest absolute Gasteiger partial charge is 0.367 e. The summed E-state index contributed by atoms with van der Waals surface area (Å²) < 4.78 is 5.13. The molecule has 100 valence electrons. The Morgan fingerprint density at radius 2 is 1.65 bits per heavy atom. The first-order valence-corrected chi connectivity index (χ1v) is 6.68. The second-order valence-corrected chi connectivity index (χ2v) is 5.10. The molecule has 0 saturated heterocycles. The Hall–Kier alpha value is -1.97. The van der Waals surface area contributed by atoms with E-state index in [1.165, 1.54) is 0 Å². The van der Waals surface area contributed by atoms with Gasteiger partial charge in [-0.1, -0.05) is 58.7 Å². The molecule has 3 rings (SSSR count). The number of nitrogens with two attached hydrogens (primary N) is 1. The molecule has 0 saturated carbocycles. The van der Waals surface area contributed by atoms with E-state index < -0.39 is 0 Å². The first-order valence-electron chi connectivity index (χ1n) is 5.93. The molecule has 5 heteroatoms. The molecule has 0 aliphatic carbocycles. The summed E-state index contributed by atoms with van der Waals surface area (Å²) >= 11 is 12.1. The van der Waals surface area contributed by atoms with Gasteiger partial charge in [-0.05, 0) is 23.8 Å². The predicted octanol–water partition coefficient (Wildman–Crippen LogP) is 4.90. The van der Waals surface area contributed by atoms with E-state index in [0.29, 0.717) is 15.7 Å². The molecule has 3 aromatic rings. The highest BCUT2D eigenvalue weighted by Gasteiger charge is 2.18. The quantitative estimate of drug-likeness (QED) is 0.732. The van der Waals surface area contributed by atoms with Crippen LogP contribution in [0.15, 0.2) is 53.1 Å². The molecule has 0 fully saturated rings. The Morgan fingerprint density at radius 1 is 0.950 bits per heavy atom. The first kappa shape index (κ1) is 13.0. The Kier molecular flexibility index (Phi) is 3.38. The van der Waals surface area contributed by atoms with Crippen LogP contribution in [-0.4, -0.2) is 5.16 Å². The van der Waals surface area contributed by atoms with E-state index in [4.69, 9.17) is 33.5 Å². The van der Waals surface area contributed by atoms with Gasteiger partial charge in [0, 0.05) is 10.6 Å². The van der Waals surface area contributed by atoms with E-state index in [9.17, 15) is 0 Å². The number of hydrogen-bond donors (Lipinski definition) is 1. The minimum Gasteiger partial charge on any atom is -0.367 e. The van der Waals surface area contributed by atoms with E-state index in [1.54, 1.807) is 18.2 Å². The lowest BCUT2D eigenvalue weighted by Crippen LogP contribution is -1.88. The summed E-state index contributed by atoms with van der Waals surface area (Å²) in [5.41, 5.74) is 8.89. The summed E-state index contributed by atoms with van der Waals surface area (Å²) in [5.74, 6) is 0.252. The molecule has 0 radical (unpaired) electrons. The minimum atomic E-state index is 0.252. The highest BCUT2D eigenvalue weighted by atomic mass is 35.5. The number of nitrogen functional groups attached to an aromatic ring is 1. The van der Waals surface area contributed by atoms with Crippen LogP contribution in [0.1, 0.15) is 0 Å². The molecule has 20 heavy (non-hydrogen) atoms. The van der Waals surface area contributed by atoms with Crippen molar-refractivity contribution in [3.05, 3.63) is 58.6 Å². The zero-order chi connectivity index (χ0) is 14.1. The third kappa shape index (κ3) is 2.26. The van der Waals surface area contributed by atoms with Gasteiger partial charge in [-0.25, -0.2) is 0 Å². The van der Waals surface area contributed by atoms with Crippen LogP contribution in [0.25, 0.3) is 22.4 Å². The summed E-state index contributed by atoms with van der Waals surface area (Å²) in [6, 6.07) is 14.7. The Balaban J connectivity index is 2.20. The highest BCUT2D eigenvalue weighted by molar-refractivity contribution is 6.33. The van der Waals surface area contributed by atoms with Crippen molar-refractivity contribution < 1.29 is 4.52 Å². The molecular weight excluding hydrogens is 295 g/mol. The number of hydrogen-bond acceptors (Lipinski definition) is 3. The number of anilines is 1. The van der Waals surface area contributed by atoms with Crippen LogP contribution in [0.4, 0.5) is 5.88 Å². The van der Waals surface area contributed by atoms with Gasteiger partial charge in [0.05, 0.1) is 10.6 Å². The fraction of sp³-hybridized carbons (Fsp3) is 0. The summed E-state index contributed by atoms with van der Waals surface area (Å²) in [7, 11) is 0. The number of halogens is 2. The molecule has 3 nitrogen and oxygen atoms in total. The smallest absolute Gasteiger partial charge is 0.230 e. The molecule has 0 amide bonds. The van der Waals surface area contributed by atoms with Gasteiger partial charge in [-0.15, -0.1) is 0 Å². The van der Waals surface area contributed by atoms with E-state index in [2.05, 4.69) is 5.16 Å². The van der Waals surface area contributed by atoms with Gasteiger partial charge >= 0.3 is 0 Å². The molecular formula is C15H10Cl2N2O. The molecule has 0 atom stereocenters. The Morgan fingerprint density at radius 3 is 2.35 bits per heavy atom. The topological polar surface area (TPSA) is 52.0 Å². The van der Waals surface area contributed by atoms with Crippen molar-refractivity contribution in [3.63, 3.8) is 0 Å². The summed E-state index contributed by atoms with van der Waals surface area (Å²) in [4.78, 5) is 0. The lowest BCUT2D eigenvalue weighted by molar-refractivity contribution is 0.439. The maximum atomic E-state index is 6.21.